The van der Waals surface area contributed by atoms with Gasteiger partial charge in [0.25, 0.3) is 0 Å². The molecule has 0 spiro atoms. The first-order valence-corrected chi connectivity index (χ1v) is 5.28. The van der Waals surface area contributed by atoms with E-state index in [4.69, 9.17) is 0 Å². The van der Waals surface area contributed by atoms with E-state index in [1.165, 1.54) is 13.8 Å². The summed E-state index contributed by atoms with van der Waals surface area (Å²) in [6.07, 6.45) is 0. The topological polar surface area (TPSA) is 26.3 Å². The van der Waals surface area contributed by atoms with Gasteiger partial charge in [0.1, 0.15) is 12.4 Å². The SMILES string of the molecule is CC(C)/C(F)=C(/F)C(=O)OCc1ccccc1. The third kappa shape index (κ3) is 3.98. The smallest absolute Gasteiger partial charge is 0.370 e. The van der Waals surface area contributed by atoms with E-state index in [1.54, 1.807) is 24.3 Å². The minimum absolute atomic E-state index is 0.0710. The maximum atomic E-state index is 13.2. The molecule has 0 bridgehead atoms. The molecule has 0 aliphatic rings. The zero-order valence-electron chi connectivity index (χ0n) is 9.74. The third-order valence-corrected chi connectivity index (χ3v) is 2.11. The number of benzene rings is 1. The molecule has 0 aliphatic heterocycles. The van der Waals surface area contributed by atoms with E-state index in [2.05, 4.69) is 4.74 Å². The Kier molecular flexibility index (Phi) is 4.82. The first kappa shape index (κ1) is 13.4. The molecule has 0 N–H and O–H groups in total. The Morgan fingerprint density at radius 3 is 2.35 bits per heavy atom. The summed E-state index contributed by atoms with van der Waals surface area (Å²) in [7, 11) is 0. The average Bonchev–Trinajstić information content (AvgIpc) is 2.35. The lowest BCUT2D eigenvalue weighted by atomic mass is 10.2. The zero-order valence-corrected chi connectivity index (χ0v) is 9.74. The molecule has 0 heterocycles. The van der Waals surface area contributed by atoms with Gasteiger partial charge in [0.2, 0.25) is 5.83 Å². The standard InChI is InChI=1S/C13H14F2O2/c1-9(2)11(14)12(15)13(16)17-8-10-6-4-3-5-7-10/h3-7,9H,8H2,1-2H3/b12-11-. The Morgan fingerprint density at radius 2 is 1.82 bits per heavy atom. The molecular formula is C13H14F2O2. The summed E-state index contributed by atoms with van der Waals surface area (Å²) in [6, 6.07) is 8.81. The van der Waals surface area contributed by atoms with Gasteiger partial charge >= 0.3 is 5.97 Å². The second kappa shape index (κ2) is 6.13. The maximum Gasteiger partial charge on any atom is 0.370 e. The van der Waals surface area contributed by atoms with E-state index in [-0.39, 0.29) is 6.61 Å². The molecule has 1 aromatic carbocycles. The van der Waals surface area contributed by atoms with Crippen LogP contribution in [-0.4, -0.2) is 5.97 Å². The Morgan fingerprint density at radius 1 is 1.24 bits per heavy atom. The van der Waals surface area contributed by atoms with Crippen LogP contribution in [0.5, 0.6) is 0 Å². The fraction of sp³-hybridized carbons (Fsp3) is 0.308. The van der Waals surface area contributed by atoms with Crippen molar-refractivity contribution in [2.24, 2.45) is 5.92 Å². The highest BCUT2D eigenvalue weighted by molar-refractivity contribution is 5.86. The molecule has 0 amide bonds. The first-order valence-electron chi connectivity index (χ1n) is 5.28. The van der Waals surface area contributed by atoms with Crippen LogP contribution in [0.3, 0.4) is 0 Å². The van der Waals surface area contributed by atoms with Gasteiger partial charge in [0.15, 0.2) is 0 Å². The normalized spacial score (nSPS) is 12.3. The molecule has 0 saturated heterocycles. The van der Waals surface area contributed by atoms with Crippen LogP contribution in [0.25, 0.3) is 0 Å². The Balaban J connectivity index is 2.59. The average molecular weight is 240 g/mol. The molecule has 0 fully saturated rings. The molecule has 2 nitrogen and oxygen atoms in total. The molecular weight excluding hydrogens is 226 g/mol. The second-order valence-corrected chi connectivity index (χ2v) is 3.88. The van der Waals surface area contributed by atoms with Gasteiger partial charge in [-0.15, -0.1) is 0 Å². The van der Waals surface area contributed by atoms with Crippen molar-refractivity contribution in [2.75, 3.05) is 0 Å². The largest absolute Gasteiger partial charge is 0.455 e. The van der Waals surface area contributed by atoms with Crippen molar-refractivity contribution < 1.29 is 18.3 Å². The molecule has 0 aromatic heterocycles. The van der Waals surface area contributed by atoms with Gasteiger partial charge in [-0.25, -0.2) is 9.18 Å². The number of rotatable bonds is 4. The minimum atomic E-state index is -1.45. The van der Waals surface area contributed by atoms with Crippen molar-refractivity contribution in [3.63, 3.8) is 0 Å². The predicted octanol–water partition coefficient (Wildman–Crippen LogP) is 3.54. The van der Waals surface area contributed by atoms with Gasteiger partial charge in [-0.1, -0.05) is 44.2 Å². The van der Waals surface area contributed by atoms with Crippen molar-refractivity contribution in [3.05, 3.63) is 47.5 Å². The predicted molar refractivity (Wildman–Crippen MR) is 60.3 cm³/mol. The van der Waals surface area contributed by atoms with Crippen molar-refractivity contribution >= 4 is 5.97 Å². The van der Waals surface area contributed by atoms with E-state index < -0.39 is 23.5 Å². The number of hydrogen-bond donors (Lipinski definition) is 0. The molecule has 0 saturated carbocycles. The fourth-order valence-corrected chi connectivity index (χ4v) is 1.14. The Bertz CT molecular complexity index is 411. The number of ether oxygens (including phenoxy) is 1. The molecule has 0 atom stereocenters. The Labute approximate surface area is 98.9 Å². The number of esters is 1. The number of halogens is 2. The summed E-state index contributed by atoms with van der Waals surface area (Å²) in [4.78, 5) is 11.2. The molecule has 17 heavy (non-hydrogen) atoms. The van der Waals surface area contributed by atoms with Crippen molar-refractivity contribution in [1.82, 2.24) is 0 Å². The van der Waals surface area contributed by atoms with Crippen LogP contribution in [0.15, 0.2) is 42.0 Å². The number of carbonyl (C=O) groups excluding carboxylic acids is 1. The molecule has 1 aromatic rings. The highest BCUT2D eigenvalue weighted by Gasteiger charge is 2.19. The maximum absolute atomic E-state index is 13.2. The molecule has 0 aliphatic carbocycles. The van der Waals surface area contributed by atoms with Gasteiger partial charge in [-0.2, -0.15) is 4.39 Å². The van der Waals surface area contributed by atoms with Gasteiger partial charge < -0.3 is 4.74 Å². The van der Waals surface area contributed by atoms with E-state index in [0.717, 1.165) is 5.56 Å². The summed E-state index contributed by atoms with van der Waals surface area (Å²) in [6.45, 7) is 2.84. The number of allylic oxidation sites excluding steroid dienone is 1. The molecule has 92 valence electrons. The summed E-state index contributed by atoms with van der Waals surface area (Å²) >= 11 is 0. The van der Waals surface area contributed by atoms with E-state index in [9.17, 15) is 13.6 Å². The van der Waals surface area contributed by atoms with E-state index in [0.29, 0.717) is 0 Å². The first-order chi connectivity index (χ1) is 8.02. The molecule has 0 unspecified atom stereocenters. The molecule has 4 heteroatoms. The summed E-state index contributed by atoms with van der Waals surface area (Å²) < 4.78 is 30.9. The number of hydrogen-bond acceptors (Lipinski definition) is 2. The van der Waals surface area contributed by atoms with Crippen LogP contribution in [0.1, 0.15) is 19.4 Å². The van der Waals surface area contributed by atoms with Crippen LogP contribution < -0.4 is 0 Å². The van der Waals surface area contributed by atoms with E-state index in [1.807, 2.05) is 6.07 Å². The van der Waals surface area contributed by atoms with Crippen molar-refractivity contribution in [2.45, 2.75) is 20.5 Å². The fourth-order valence-electron chi connectivity index (χ4n) is 1.14. The monoisotopic (exact) mass is 240 g/mol. The Hall–Kier alpha value is -1.71. The number of carbonyl (C=O) groups is 1. The molecule has 0 radical (unpaired) electrons. The lowest BCUT2D eigenvalue weighted by Gasteiger charge is -2.05. The lowest BCUT2D eigenvalue weighted by Crippen LogP contribution is -2.08. The minimum Gasteiger partial charge on any atom is -0.455 e. The highest BCUT2D eigenvalue weighted by Crippen LogP contribution is 2.18. The van der Waals surface area contributed by atoms with Crippen LogP contribution in [-0.2, 0) is 16.1 Å². The van der Waals surface area contributed by atoms with Crippen molar-refractivity contribution in [3.8, 4) is 0 Å². The summed E-state index contributed by atoms with van der Waals surface area (Å²) in [5, 5.41) is 0. The molecule has 1 rings (SSSR count). The summed E-state index contributed by atoms with van der Waals surface area (Å²) in [5.41, 5.74) is 0.721. The summed E-state index contributed by atoms with van der Waals surface area (Å²) in [5.74, 6) is -4.46. The second-order valence-electron chi connectivity index (χ2n) is 3.88. The van der Waals surface area contributed by atoms with Gasteiger partial charge in [0, 0.05) is 5.92 Å². The van der Waals surface area contributed by atoms with Crippen LogP contribution >= 0.6 is 0 Å². The van der Waals surface area contributed by atoms with Gasteiger partial charge in [-0.3, -0.25) is 0 Å². The van der Waals surface area contributed by atoms with Gasteiger partial charge in [-0.05, 0) is 5.56 Å². The van der Waals surface area contributed by atoms with E-state index >= 15 is 0 Å². The van der Waals surface area contributed by atoms with Crippen LogP contribution in [0.2, 0.25) is 0 Å². The highest BCUT2D eigenvalue weighted by atomic mass is 19.2. The quantitative estimate of drug-likeness (QED) is 0.594. The van der Waals surface area contributed by atoms with Crippen molar-refractivity contribution in [1.29, 1.82) is 0 Å². The van der Waals surface area contributed by atoms with Crippen LogP contribution in [0, 0.1) is 5.92 Å². The lowest BCUT2D eigenvalue weighted by molar-refractivity contribution is -0.142. The van der Waals surface area contributed by atoms with Gasteiger partial charge in [0.05, 0.1) is 0 Å². The zero-order chi connectivity index (χ0) is 12.8. The third-order valence-electron chi connectivity index (χ3n) is 2.11. The van der Waals surface area contributed by atoms with Crippen LogP contribution in [0.4, 0.5) is 8.78 Å².